The molecule has 4 aromatic carbocycles. The lowest BCUT2D eigenvalue weighted by Gasteiger charge is -2.13. The van der Waals surface area contributed by atoms with Crippen molar-refractivity contribution in [1.29, 1.82) is 0 Å². The molecular weight excluding hydrogens is 380 g/mol. The van der Waals surface area contributed by atoms with Crippen LogP contribution in [-0.2, 0) is 0 Å². The Bertz CT molecular complexity index is 1280. The molecule has 4 rings (SSSR count). The van der Waals surface area contributed by atoms with Crippen LogP contribution in [0, 0.1) is 11.6 Å². The van der Waals surface area contributed by atoms with E-state index in [1.165, 1.54) is 12.1 Å². The zero-order valence-electron chi connectivity index (χ0n) is 16.3. The number of anilines is 1. The van der Waals surface area contributed by atoms with Crippen molar-refractivity contribution in [2.75, 3.05) is 5.32 Å². The van der Waals surface area contributed by atoms with Crippen molar-refractivity contribution in [2.45, 2.75) is 6.92 Å². The molecule has 0 aliphatic heterocycles. The van der Waals surface area contributed by atoms with E-state index in [0.29, 0.717) is 22.1 Å². The summed E-state index contributed by atoms with van der Waals surface area (Å²) in [6.45, 7) is 1.86. The van der Waals surface area contributed by atoms with Crippen LogP contribution in [0.15, 0.2) is 84.9 Å². The Hall–Kier alpha value is -3.79. The van der Waals surface area contributed by atoms with E-state index in [9.17, 15) is 13.6 Å². The largest absolute Gasteiger partial charge is 0.319 e. The molecule has 30 heavy (non-hydrogen) atoms. The molecule has 1 N–H and O–H groups in total. The van der Waals surface area contributed by atoms with Gasteiger partial charge in [-0.3, -0.25) is 4.79 Å². The van der Waals surface area contributed by atoms with Gasteiger partial charge in [0.05, 0.1) is 5.69 Å². The molecule has 148 valence electrons. The van der Waals surface area contributed by atoms with Gasteiger partial charge in [0, 0.05) is 11.1 Å². The molecule has 0 radical (unpaired) electrons. The van der Waals surface area contributed by atoms with E-state index in [0.717, 1.165) is 10.9 Å². The van der Waals surface area contributed by atoms with Crippen molar-refractivity contribution in [2.24, 2.45) is 0 Å². The second-order valence-corrected chi connectivity index (χ2v) is 6.92. The van der Waals surface area contributed by atoms with Gasteiger partial charge in [0.1, 0.15) is 11.6 Å². The van der Waals surface area contributed by atoms with Crippen LogP contribution in [0.4, 0.5) is 14.5 Å². The topological polar surface area (TPSA) is 29.1 Å². The summed E-state index contributed by atoms with van der Waals surface area (Å²) in [5, 5.41) is 4.18. The minimum absolute atomic E-state index is 0.0935. The maximum atomic E-state index is 14.4. The maximum absolute atomic E-state index is 14.4. The number of benzene rings is 4. The molecule has 2 nitrogen and oxygen atoms in total. The van der Waals surface area contributed by atoms with Gasteiger partial charge in [0.2, 0.25) is 0 Å². The smallest absolute Gasteiger partial charge is 0.256 e. The van der Waals surface area contributed by atoms with Gasteiger partial charge in [-0.15, -0.1) is 0 Å². The summed E-state index contributed by atoms with van der Waals surface area (Å²) in [7, 11) is 0. The van der Waals surface area contributed by atoms with Gasteiger partial charge in [0.25, 0.3) is 5.91 Å². The number of fused-ring (bicyclic) bond motifs is 1. The van der Waals surface area contributed by atoms with Crippen molar-refractivity contribution in [3.63, 3.8) is 0 Å². The minimum atomic E-state index is -0.522. The van der Waals surface area contributed by atoms with E-state index < -0.39 is 11.7 Å². The fourth-order valence-electron chi connectivity index (χ4n) is 3.47. The van der Waals surface area contributed by atoms with Gasteiger partial charge in [0.15, 0.2) is 0 Å². The van der Waals surface area contributed by atoms with Crippen LogP contribution < -0.4 is 5.32 Å². The molecule has 4 heteroatoms. The highest BCUT2D eigenvalue weighted by molar-refractivity contribution is 6.14. The molecule has 0 saturated carbocycles. The molecule has 4 aromatic rings. The fourth-order valence-corrected chi connectivity index (χ4v) is 3.47. The maximum Gasteiger partial charge on any atom is 0.256 e. The Morgan fingerprint density at radius 3 is 2.43 bits per heavy atom. The highest BCUT2D eigenvalue weighted by atomic mass is 19.1. The number of hydrogen-bond acceptors (Lipinski definition) is 1. The van der Waals surface area contributed by atoms with Crippen LogP contribution in [0.1, 0.15) is 22.8 Å². The van der Waals surface area contributed by atoms with Gasteiger partial charge in [-0.05, 0) is 59.2 Å². The molecule has 0 spiro atoms. The predicted molar refractivity (Wildman–Crippen MR) is 118 cm³/mol. The number of hydrogen-bond donors (Lipinski definition) is 1. The van der Waals surface area contributed by atoms with Crippen molar-refractivity contribution < 1.29 is 13.6 Å². The molecule has 0 aromatic heterocycles. The van der Waals surface area contributed by atoms with Crippen LogP contribution in [0.25, 0.3) is 28.0 Å². The third-order valence-electron chi connectivity index (χ3n) is 4.89. The van der Waals surface area contributed by atoms with Crippen LogP contribution in [0.2, 0.25) is 0 Å². The molecule has 0 aliphatic rings. The highest BCUT2D eigenvalue weighted by Gasteiger charge is 2.16. The summed E-state index contributed by atoms with van der Waals surface area (Å²) in [5.41, 5.74) is 2.20. The molecule has 0 saturated heterocycles. The van der Waals surface area contributed by atoms with Gasteiger partial charge >= 0.3 is 0 Å². The summed E-state index contributed by atoms with van der Waals surface area (Å²) in [4.78, 5) is 13.1. The Labute approximate surface area is 173 Å². The monoisotopic (exact) mass is 399 g/mol. The van der Waals surface area contributed by atoms with Crippen LogP contribution in [-0.4, -0.2) is 5.91 Å². The number of halogens is 2. The first-order chi connectivity index (χ1) is 14.6. The van der Waals surface area contributed by atoms with Crippen molar-refractivity contribution in [3.8, 4) is 11.1 Å². The molecule has 0 heterocycles. The first kappa shape index (κ1) is 19.5. The lowest BCUT2D eigenvalue weighted by molar-refractivity contribution is 0.102. The van der Waals surface area contributed by atoms with E-state index in [-0.39, 0.29) is 11.5 Å². The minimum Gasteiger partial charge on any atom is -0.319 e. The summed E-state index contributed by atoms with van der Waals surface area (Å²) in [6.07, 6.45) is 3.66. The third kappa shape index (κ3) is 3.85. The Balaban J connectivity index is 1.81. The van der Waals surface area contributed by atoms with E-state index in [2.05, 4.69) is 5.32 Å². The zero-order valence-corrected chi connectivity index (χ0v) is 16.3. The van der Waals surface area contributed by atoms with E-state index >= 15 is 0 Å². The molecule has 0 aliphatic carbocycles. The van der Waals surface area contributed by atoms with Gasteiger partial charge in [-0.2, -0.15) is 0 Å². The number of carbonyl (C=O) groups excluding carboxylic acids is 1. The number of amides is 1. The first-order valence-corrected chi connectivity index (χ1v) is 9.58. The van der Waals surface area contributed by atoms with Crippen molar-refractivity contribution in [1.82, 2.24) is 0 Å². The first-order valence-electron chi connectivity index (χ1n) is 9.58. The van der Waals surface area contributed by atoms with Crippen molar-refractivity contribution >= 4 is 28.4 Å². The number of rotatable bonds is 4. The SMILES string of the molecule is C/C=C/c1ccc(F)c(NC(=O)c2cc(-c3ccccc3F)cc3ccccc23)c1. The molecule has 0 bridgehead atoms. The number of allylic oxidation sites excluding steroid dienone is 1. The van der Waals surface area contributed by atoms with Gasteiger partial charge < -0.3 is 5.32 Å². The molecule has 1 amide bonds. The second kappa shape index (κ2) is 8.29. The lowest BCUT2D eigenvalue weighted by Crippen LogP contribution is -2.14. The van der Waals surface area contributed by atoms with Crippen LogP contribution in [0.3, 0.4) is 0 Å². The Morgan fingerprint density at radius 1 is 0.867 bits per heavy atom. The van der Waals surface area contributed by atoms with Gasteiger partial charge in [-0.1, -0.05) is 60.7 Å². The third-order valence-corrected chi connectivity index (χ3v) is 4.89. The van der Waals surface area contributed by atoms with E-state index in [4.69, 9.17) is 0 Å². The number of nitrogens with one attached hydrogen (secondary N) is 1. The van der Waals surface area contributed by atoms with Gasteiger partial charge in [-0.25, -0.2) is 8.78 Å². The Kier molecular flexibility index (Phi) is 5.40. The summed E-state index contributed by atoms with van der Waals surface area (Å²) in [6, 6.07) is 21.8. The molecule has 0 unspecified atom stereocenters. The second-order valence-electron chi connectivity index (χ2n) is 6.92. The zero-order chi connectivity index (χ0) is 21.1. The average molecular weight is 399 g/mol. The summed E-state index contributed by atoms with van der Waals surface area (Å²) in [5.74, 6) is -1.35. The predicted octanol–water partition coefficient (Wildman–Crippen LogP) is 7.07. The Morgan fingerprint density at radius 2 is 1.63 bits per heavy atom. The van der Waals surface area contributed by atoms with Crippen molar-refractivity contribution in [3.05, 3.63) is 108 Å². The summed E-state index contributed by atoms with van der Waals surface area (Å²) < 4.78 is 28.7. The van der Waals surface area contributed by atoms with Crippen LogP contribution >= 0.6 is 0 Å². The number of carbonyl (C=O) groups is 1. The molecular formula is C26H19F2NO. The average Bonchev–Trinajstić information content (AvgIpc) is 2.76. The fraction of sp³-hybridized carbons (Fsp3) is 0.0385. The van der Waals surface area contributed by atoms with E-state index in [1.54, 1.807) is 36.4 Å². The lowest BCUT2D eigenvalue weighted by atomic mass is 9.96. The molecule has 0 atom stereocenters. The summed E-state index contributed by atoms with van der Waals surface area (Å²) >= 11 is 0. The highest BCUT2D eigenvalue weighted by Crippen LogP contribution is 2.30. The van der Waals surface area contributed by atoms with E-state index in [1.807, 2.05) is 49.4 Å². The van der Waals surface area contributed by atoms with Crippen LogP contribution in [0.5, 0.6) is 0 Å². The quantitative estimate of drug-likeness (QED) is 0.391. The molecule has 0 fully saturated rings. The normalized spacial score (nSPS) is 11.2. The standard InChI is InChI=1S/C26H19F2NO/c1-2-7-17-12-13-24(28)25(14-17)29-26(30)22-16-19(21-10-5-6-11-23(21)27)15-18-8-3-4-9-20(18)22/h2-16H,1H3,(H,29,30)/b7-2+.